The molecule has 4 rings (SSSR count). The predicted octanol–water partition coefficient (Wildman–Crippen LogP) is 3.09. The summed E-state index contributed by atoms with van der Waals surface area (Å²) in [5.74, 6) is 0.779. The van der Waals surface area contributed by atoms with E-state index in [0.29, 0.717) is 23.0 Å². The summed E-state index contributed by atoms with van der Waals surface area (Å²) in [4.78, 5) is 17.7. The van der Waals surface area contributed by atoms with E-state index < -0.39 is 11.9 Å². The SMILES string of the molecule is CC1=C(C(N)=O)[C@@H](c2cccc(C)c2)n2nc(-c3cccs3)nc2N1. The van der Waals surface area contributed by atoms with Gasteiger partial charge in [-0.15, -0.1) is 16.4 Å². The van der Waals surface area contributed by atoms with Crippen LogP contribution >= 0.6 is 11.3 Å². The minimum absolute atomic E-state index is 0.394. The number of nitrogens with zero attached hydrogens (tertiary/aromatic N) is 3. The largest absolute Gasteiger partial charge is 0.366 e. The van der Waals surface area contributed by atoms with Gasteiger partial charge in [0.2, 0.25) is 11.9 Å². The highest BCUT2D eigenvalue weighted by molar-refractivity contribution is 7.13. The monoisotopic (exact) mass is 351 g/mol. The molecule has 25 heavy (non-hydrogen) atoms. The van der Waals surface area contributed by atoms with Crippen LogP contribution in [0.15, 0.2) is 53.0 Å². The Hall–Kier alpha value is -2.93. The minimum Gasteiger partial charge on any atom is -0.366 e. The first-order chi connectivity index (χ1) is 12.0. The van der Waals surface area contributed by atoms with E-state index in [1.165, 1.54) is 0 Å². The highest BCUT2D eigenvalue weighted by atomic mass is 32.1. The lowest BCUT2D eigenvalue weighted by molar-refractivity contribution is -0.115. The summed E-state index contributed by atoms with van der Waals surface area (Å²) in [6, 6.07) is 11.6. The summed E-state index contributed by atoms with van der Waals surface area (Å²) in [6.07, 6.45) is 0. The fraction of sp³-hybridized carbons (Fsp3) is 0.167. The van der Waals surface area contributed by atoms with Gasteiger partial charge in [0.05, 0.1) is 10.5 Å². The van der Waals surface area contributed by atoms with Crippen molar-refractivity contribution in [1.29, 1.82) is 0 Å². The molecule has 7 heteroatoms. The minimum atomic E-state index is -0.463. The van der Waals surface area contributed by atoms with Crippen molar-refractivity contribution in [2.75, 3.05) is 5.32 Å². The molecule has 1 atom stereocenters. The number of allylic oxidation sites excluding steroid dienone is 1. The Morgan fingerprint density at radius 3 is 2.80 bits per heavy atom. The van der Waals surface area contributed by atoms with E-state index in [-0.39, 0.29) is 0 Å². The number of nitrogens with one attached hydrogen (secondary N) is 1. The molecule has 0 unspecified atom stereocenters. The van der Waals surface area contributed by atoms with Crippen LogP contribution in [0.4, 0.5) is 5.95 Å². The second-order valence-corrected chi connectivity index (χ2v) is 6.97. The smallest absolute Gasteiger partial charge is 0.248 e. The first-order valence-electron chi connectivity index (χ1n) is 7.89. The van der Waals surface area contributed by atoms with Gasteiger partial charge in [-0.25, -0.2) is 4.68 Å². The summed E-state index contributed by atoms with van der Waals surface area (Å²) in [6.45, 7) is 3.86. The molecule has 126 valence electrons. The number of hydrogen-bond donors (Lipinski definition) is 2. The van der Waals surface area contributed by atoms with E-state index in [2.05, 4.69) is 15.4 Å². The maximum absolute atomic E-state index is 12.1. The quantitative estimate of drug-likeness (QED) is 0.759. The van der Waals surface area contributed by atoms with E-state index in [0.717, 1.165) is 16.0 Å². The van der Waals surface area contributed by atoms with Crippen molar-refractivity contribution in [3.8, 4) is 10.7 Å². The maximum Gasteiger partial charge on any atom is 0.248 e. The molecule has 3 N–H and O–H groups in total. The molecule has 0 bridgehead atoms. The number of benzene rings is 1. The lowest BCUT2D eigenvalue weighted by atomic mass is 9.94. The Kier molecular flexibility index (Phi) is 3.65. The number of anilines is 1. The van der Waals surface area contributed by atoms with Gasteiger partial charge in [-0.05, 0) is 30.9 Å². The summed E-state index contributed by atoms with van der Waals surface area (Å²) < 4.78 is 1.75. The second-order valence-electron chi connectivity index (χ2n) is 6.03. The molecule has 0 radical (unpaired) electrons. The number of carbonyl (C=O) groups excluding carboxylic acids is 1. The average molecular weight is 351 g/mol. The van der Waals surface area contributed by atoms with Gasteiger partial charge in [-0.1, -0.05) is 35.9 Å². The van der Waals surface area contributed by atoms with Crippen LogP contribution in [0.25, 0.3) is 10.7 Å². The van der Waals surface area contributed by atoms with Gasteiger partial charge in [0.1, 0.15) is 6.04 Å². The average Bonchev–Trinajstić information content (AvgIpc) is 3.22. The number of thiophene rings is 1. The van der Waals surface area contributed by atoms with Crippen LogP contribution < -0.4 is 11.1 Å². The third-order valence-electron chi connectivity index (χ3n) is 4.22. The van der Waals surface area contributed by atoms with Crippen LogP contribution in [0.2, 0.25) is 0 Å². The molecule has 1 aromatic carbocycles. The number of hydrogen-bond acceptors (Lipinski definition) is 5. The zero-order valence-corrected chi connectivity index (χ0v) is 14.7. The van der Waals surface area contributed by atoms with Gasteiger partial charge >= 0.3 is 0 Å². The van der Waals surface area contributed by atoms with Crippen LogP contribution in [-0.4, -0.2) is 20.7 Å². The van der Waals surface area contributed by atoms with Crippen molar-refractivity contribution >= 4 is 23.2 Å². The first-order valence-corrected chi connectivity index (χ1v) is 8.77. The Labute approximate surface area is 149 Å². The number of nitrogens with two attached hydrogens (primary N) is 1. The molecule has 3 heterocycles. The van der Waals surface area contributed by atoms with Gasteiger partial charge < -0.3 is 11.1 Å². The number of fused-ring (bicyclic) bond motifs is 1. The van der Waals surface area contributed by atoms with E-state index in [9.17, 15) is 4.79 Å². The summed E-state index contributed by atoms with van der Waals surface area (Å²) >= 11 is 1.58. The third-order valence-corrected chi connectivity index (χ3v) is 5.08. The molecule has 0 fully saturated rings. The molecule has 1 amide bonds. The van der Waals surface area contributed by atoms with Gasteiger partial charge in [0.25, 0.3) is 0 Å². The Morgan fingerprint density at radius 1 is 1.28 bits per heavy atom. The van der Waals surface area contributed by atoms with Crippen molar-refractivity contribution in [3.05, 3.63) is 64.2 Å². The normalized spacial score (nSPS) is 16.5. The number of aryl methyl sites for hydroxylation is 1. The lowest BCUT2D eigenvalue weighted by Crippen LogP contribution is -2.31. The Morgan fingerprint density at radius 2 is 2.12 bits per heavy atom. The molecule has 0 spiro atoms. The van der Waals surface area contributed by atoms with Crippen LogP contribution in [0.1, 0.15) is 24.1 Å². The van der Waals surface area contributed by atoms with Crippen LogP contribution in [0, 0.1) is 6.92 Å². The lowest BCUT2D eigenvalue weighted by Gasteiger charge is -2.27. The summed E-state index contributed by atoms with van der Waals surface area (Å²) in [5, 5.41) is 9.81. The number of amides is 1. The Balaban J connectivity index is 1.91. The fourth-order valence-electron chi connectivity index (χ4n) is 3.13. The summed E-state index contributed by atoms with van der Waals surface area (Å²) in [5.41, 5.74) is 8.96. The highest BCUT2D eigenvalue weighted by Crippen LogP contribution is 2.36. The zero-order valence-electron chi connectivity index (χ0n) is 13.9. The molecule has 1 aliphatic rings. The summed E-state index contributed by atoms with van der Waals surface area (Å²) in [7, 11) is 0. The number of carbonyl (C=O) groups is 1. The van der Waals surface area contributed by atoms with Crippen molar-refractivity contribution < 1.29 is 4.79 Å². The predicted molar refractivity (Wildman–Crippen MR) is 98.2 cm³/mol. The fourth-order valence-corrected chi connectivity index (χ4v) is 3.78. The zero-order chi connectivity index (χ0) is 17.6. The maximum atomic E-state index is 12.1. The van der Waals surface area contributed by atoms with E-state index in [1.807, 2.05) is 55.6 Å². The molecule has 0 saturated heterocycles. The van der Waals surface area contributed by atoms with Gasteiger partial charge in [0.15, 0.2) is 5.82 Å². The van der Waals surface area contributed by atoms with E-state index in [1.54, 1.807) is 16.0 Å². The molecule has 0 aliphatic carbocycles. The van der Waals surface area contributed by atoms with Gasteiger partial charge in [-0.2, -0.15) is 4.98 Å². The third kappa shape index (κ3) is 2.62. The standard InChI is InChI=1S/C18H17N5OS/c1-10-5-3-6-12(9-10)15-14(16(19)24)11(2)20-18-21-17(22-23(15)18)13-7-4-8-25-13/h3-9,15H,1-2H3,(H2,19,24)(H,20,21,22)/t15-/m1/s1. The second kappa shape index (κ2) is 5.86. The van der Waals surface area contributed by atoms with Crippen LogP contribution in [0.5, 0.6) is 0 Å². The van der Waals surface area contributed by atoms with Crippen LogP contribution in [-0.2, 0) is 4.79 Å². The molecule has 6 nitrogen and oxygen atoms in total. The van der Waals surface area contributed by atoms with Gasteiger partial charge in [0, 0.05) is 5.70 Å². The molecule has 2 aromatic heterocycles. The molecule has 1 aliphatic heterocycles. The molecular weight excluding hydrogens is 334 g/mol. The van der Waals surface area contributed by atoms with Crippen molar-refractivity contribution in [3.63, 3.8) is 0 Å². The number of aromatic nitrogens is 3. The van der Waals surface area contributed by atoms with Crippen LogP contribution in [0.3, 0.4) is 0 Å². The Bertz CT molecular complexity index is 987. The van der Waals surface area contributed by atoms with E-state index >= 15 is 0 Å². The molecular formula is C18H17N5OS. The van der Waals surface area contributed by atoms with Crippen molar-refractivity contribution in [2.45, 2.75) is 19.9 Å². The van der Waals surface area contributed by atoms with E-state index in [4.69, 9.17) is 5.73 Å². The molecule has 3 aromatic rings. The van der Waals surface area contributed by atoms with Crippen molar-refractivity contribution in [2.24, 2.45) is 5.73 Å². The number of rotatable bonds is 3. The number of primary amides is 1. The first kappa shape index (κ1) is 15.6. The molecule has 0 saturated carbocycles. The highest BCUT2D eigenvalue weighted by Gasteiger charge is 2.33. The topological polar surface area (TPSA) is 85.8 Å². The van der Waals surface area contributed by atoms with Gasteiger partial charge in [-0.3, -0.25) is 4.79 Å². The van der Waals surface area contributed by atoms with Crippen molar-refractivity contribution in [1.82, 2.24) is 14.8 Å².